The van der Waals surface area contributed by atoms with Crippen molar-refractivity contribution in [2.75, 3.05) is 58.0 Å². The Kier molecular flexibility index (Phi) is 21.6. The van der Waals surface area contributed by atoms with Crippen LogP contribution in [0.4, 0.5) is 10.5 Å². The molecule has 7 N–H and O–H groups in total. The summed E-state index contributed by atoms with van der Waals surface area (Å²) < 4.78 is 21.3. The summed E-state index contributed by atoms with van der Waals surface area (Å²) in [6.07, 6.45) is 0.533. The van der Waals surface area contributed by atoms with Crippen molar-refractivity contribution in [1.29, 1.82) is 0 Å². The van der Waals surface area contributed by atoms with E-state index in [2.05, 4.69) is 26.6 Å². The first-order valence-corrected chi connectivity index (χ1v) is 16.5. The molecule has 1 rings (SSSR count). The van der Waals surface area contributed by atoms with E-state index in [1.807, 2.05) is 13.8 Å². The minimum Gasteiger partial charge on any atom is -0.461 e. The van der Waals surface area contributed by atoms with Gasteiger partial charge in [-0.15, -0.1) is 0 Å². The van der Waals surface area contributed by atoms with Crippen LogP contribution in [0, 0.1) is 11.8 Å². The molecule has 0 spiro atoms. The lowest BCUT2D eigenvalue weighted by Gasteiger charge is -2.25. The Bertz CT molecular complexity index is 1180. The zero-order valence-electron chi connectivity index (χ0n) is 29.3. The van der Waals surface area contributed by atoms with Gasteiger partial charge in [-0.05, 0) is 36.5 Å². The fourth-order valence-corrected chi connectivity index (χ4v) is 4.08. The minimum absolute atomic E-state index is 0.0118. The van der Waals surface area contributed by atoms with E-state index in [1.54, 1.807) is 38.1 Å². The number of anilines is 1. The number of carbonyl (C=O) groups is 6. The molecule has 0 fully saturated rings. The van der Waals surface area contributed by atoms with Gasteiger partial charge >= 0.3 is 12.0 Å². The number of amides is 6. The summed E-state index contributed by atoms with van der Waals surface area (Å²) in [6, 6.07) is 4.06. The van der Waals surface area contributed by atoms with Crippen molar-refractivity contribution in [2.24, 2.45) is 17.6 Å². The van der Waals surface area contributed by atoms with E-state index in [1.165, 1.54) is 6.92 Å². The molecule has 1 aromatic rings. The van der Waals surface area contributed by atoms with Gasteiger partial charge in [0, 0.05) is 38.0 Å². The Morgan fingerprint density at radius 3 is 1.92 bits per heavy atom. The lowest BCUT2D eigenvalue weighted by molar-refractivity contribution is -0.142. The molecular formula is C33H54N6O10. The average molecular weight is 695 g/mol. The standard InChI is InChI=1S/C33H54N6O10/c1-22(2)29(39-28(41)12-15-46-17-19-48-20-18-47-16-14-35-30(42)23(3)4)32(44)38-27(7-6-13-36-33(34)45)31(43)37-26-10-8-25(9-11-26)21-49-24(5)40/h8-11,22-23,27,29H,6-7,12-21H2,1-5H3,(H,35,42)(H,37,43)(H,38,44)(H,39,41)(H3,34,36,45). The molecule has 0 aliphatic carbocycles. The second kappa shape index (κ2) is 24.8. The van der Waals surface area contributed by atoms with Crippen molar-refractivity contribution in [2.45, 2.75) is 72.6 Å². The Labute approximate surface area is 288 Å². The van der Waals surface area contributed by atoms with Crippen molar-refractivity contribution in [3.8, 4) is 0 Å². The lowest BCUT2D eigenvalue weighted by atomic mass is 10.0. The zero-order valence-corrected chi connectivity index (χ0v) is 29.3. The van der Waals surface area contributed by atoms with Gasteiger partial charge in [-0.3, -0.25) is 24.0 Å². The second-order valence-corrected chi connectivity index (χ2v) is 11.8. The van der Waals surface area contributed by atoms with Gasteiger partial charge in [0.05, 0.1) is 39.6 Å². The highest BCUT2D eigenvalue weighted by molar-refractivity contribution is 5.98. The van der Waals surface area contributed by atoms with E-state index in [-0.39, 0.29) is 57.0 Å². The van der Waals surface area contributed by atoms with Crippen LogP contribution in [0.1, 0.15) is 59.4 Å². The summed E-state index contributed by atoms with van der Waals surface area (Å²) in [5, 5.41) is 13.4. The molecule has 0 heterocycles. The third-order valence-electron chi connectivity index (χ3n) is 6.82. The predicted molar refractivity (Wildman–Crippen MR) is 181 cm³/mol. The number of urea groups is 1. The fourth-order valence-electron chi connectivity index (χ4n) is 4.08. The third-order valence-corrected chi connectivity index (χ3v) is 6.82. The molecular weight excluding hydrogens is 640 g/mol. The van der Waals surface area contributed by atoms with Crippen LogP contribution in [0.3, 0.4) is 0 Å². The van der Waals surface area contributed by atoms with Gasteiger partial charge in [0.15, 0.2) is 0 Å². The number of nitrogens with two attached hydrogens (primary N) is 1. The number of nitrogens with one attached hydrogen (secondary N) is 5. The van der Waals surface area contributed by atoms with Gasteiger partial charge in [0.25, 0.3) is 0 Å². The van der Waals surface area contributed by atoms with E-state index < -0.39 is 41.8 Å². The van der Waals surface area contributed by atoms with E-state index in [0.29, 0.717) is 45.1 Å². The molecule has 0 aromatic heterocycles. The summed E-state index contributed by atoms with van der Waals surface area (Å²) in [5.74, 6) is -2.23. The molecule has 0 saturated carbocycles. The van der Waals surface area contributed by atoms with Crippen LogP contribution in [-0.4, -0.2) is 100 Å². The first kappa shape index (κ1) is 42.7. The highest BCUT2D eigenvalue weighted by atomic mass is 16.5. The highest BCUT2D eigenvalue weighted by Crippen LogP contribution is 2.13. The van der Waals surface area contributed by atoms with Gasteiger partial charge in [-0.1, -0.05) is 39.8 Å². The Morgan fingerprint density at radius 1 is 0.735 bits per heavy atom. The van der Waals surface area contributed by atoms with Crippen LogP contribution in [0.25, 0.3) is 0 Å². The smallest absolute Gasteiger partial charge is 0.312 e. The molecule has 0 aliphatic rings. The third kappa shape index (κ3) is 20.6. The van der Waals surface area contributed by atoms with Gasteiger partial charge < -0.3 is 51.3 Å². The van der Waals surface area contributed by atoms with Gasteiger partial charge in [0.1, 0.15) is 18.7 Å². The predicted octanol–water partition coefficient (Wildman–Crippen LogP) is 0.974. The monoisotopic (exact) mass is 694 g/mol. The summed E-state index contributed by atoms with van der Waals surface area (Å²) in [5.41, 5.74) is 6.32. The van der Waals surface area contributed by atoms with Gasteiger partial charge in [-0.2, -0.15) is 0 Å². The van der Waals surface area contributed by atoms with Crippen LogP contribution in [0.2, 0.25) is 0 Å². The summed E-state index contributed by atoms with van der Waals surface area (Å²) in [4.78, 5) is 72.8. The topological polar surface area (TPSA) is 226 Å². The van der Waals surface area contributed by atoms with E-state index in [4.69, 9.17) is 24.7 Å². The molecule has 0 aliphatic heterocycles. The first-order chi connectivity index (χ1) is 23.3. The van der Waals surface area contributed by atoms with Gasteiger partial charge in [0.2, 0.25) is 23.6 Å². The molecule has 16 heteroatoms. The second-order valence-electron chi connectivity index (χ2n) is 11.8. The van der Waals surface area contributed by atoms with Crippen LogP contribution >= 0.6 is 0 Å². The SMILES string of the molecule is CC(=O)OCc1ccc(NC(=O)C(CCCNC(N)=O)NC(=O)C(NC(=O)CCOCCOCCOCCNC(=O)C(C)C)C(C)C)cc1. The molecule has 6 amide bonds. The van der Waals surface area contributed by atoms with Crippen molar-refractivity contribution >= 4 is 41.3 Å². The van der Waals surface area contributed by atoms with E-state index in [0.717, 1.165) is 5.56 Å². The number of ether oxygens (including phenoxy) is 4. The molecule has 0 bridgehead atoms. The fraction of sp³-hybridized carbons (Fsp3) is 0.636. The average Bonchev–Trinajstić information content (AvgIpc) is 3.04. The van der Waals surface area contributed by atoms with Crippen molar-refractivity contribution in [3.05, 3.63) is 29.8 Å². The Morgan fingerprint density at radius 2 is 1.35 bits per heavy atom. The Balaban J connectivity index is 2.53. The number of carbonyl (C=O) groups excluding carboxylic acids is 6. The molecule has 2 atom stereocenters. The molecule has 0 radical (unpaired) electrons. The Hall–Kier alpha value is -4.28. The van der Waals surface area contributed by atoms with Crippen molar-refractivity contribution in [3.63, 3.8) is 0 Å². The zero-order chi connectivity index (χ0) is 36.6. The lowest BCUT2D eigenvalue weighted by Crippen LogP contribution is -2.54. The van der Waals surface area contributed by atoms with Crippen LogP contribution in [-0.2, 0) is 49.5 Å². The maximum atomic E-state index is 13.3. The number of benzene rings is 1. The first-order valence-electron chi connectivity index (χ1n) is 16.5. The summed E-state index contributed by atoms with van der Waals surface area (Å²) in [7, 11) is 0. The molecule has 276 valence electrons. The largest absolute Gasteiger partial charge is 0.461 e. The van der Waals surface area contributed by atoms with E-state index >= 15 is 0 Å². The quantitative estimate of drug-likeness (QED) is 0.0628. The van der Waals surface area contributed by atoms with Crippen LogP contribution in [0.5, 0.6) is 0 Å². The summed E-state index contributed by atoms with van der Waals surface area (Å²) in [6.45, 7) is 11.0. The number of rotatable bonds is 25. The molecule has 2 unspecified atom stereocenters. The molecule has 0 saturated heterocycles. The van der Waals surface area contributed by atoms with E-state index in [9.17, 15) is 28.8 Å². The minimum atomic E-state index is -0.986. The molecule has 49 heavy (non-hydrogen) atoms. The summed E-state index contributed by atoms with van der Waals surface area (Å²) >= 11 is 0. The van der Waals surface area contributed by atoms with Crippen LogP contribution < -0.4 is 32.3 Å². The maximum absolute atomic E-state index is 13.3. The van der Waals surface area contributed by atoms with Gasteiger partial charge in [-0.25, -0.2) is 4.79 Å². The molecule has 1 aromatic carbocycles. The van der Waals surface area contributed by atoms with Crippen molar-refractivity contribution in [1.82, 2.24) is 21.3 Å². The number of esters is 1. The van der Waals surface area contributed by atoms with Crippen LogP contribution in [0.15, 0.2) is 24.3 Å². The number of hydrogen-bond acceptors (Lipinski definition) is 10. The number of hydrogen-bond donors (Lipinski definition) is 6. The number of primary amides is 1. The normalized spacial score (nSPS) is 12.1. The highest BCUT2D eigenvalue weighted by Gasteiger charge is 2.28. The molecule has 16 nitrogen and oxygen atoms in total. The maximum Gasteiger partial charge on any atom is 0.312 e. The van der Waals surface area contributed by atoms with Crippen molar-refractivity contribution < 1.29 is 47.7 Å².